The van der Waals surface area contributed by atoms with Crippen LogP contribution in [-0.4, -0.2) is 0 Å². The van der Waals surface area contributed by atoms with Crippen LogP contribution in [0, 0.1) is 24.1 Å². The van der Waals surface area contributed by atoms with Crippen LogP contribution in [0.3, 0.4) is 0 Å². The fourth-order valence-corrected chi connectivity index (χ4v) is 2.46. The van der Waals surface area contributed by atoms with E-state index in [1.807, 2.05) is 5.38 Å². The van der Waals surface area contributed by atoms with Crippen LogP contribution in [0.15, 0.2) is 17.5 Å². The second-order valence-corrected chi connectivity index (χ2v) is 4.08. The van der Waals surface area contributed by atoms with Gasteiger partial charge in [-0.05, 0) is 29.5 Å². The van der Waals surface area contributed by atoms with E-state index in [1.54, 1.807) is 19.1 Å². The van der Waals surface area contributed by atoms with E-state index < -0.39 is 0 Å². The van der Waals surface area contributed by atoms with Crippen molar-refractivity contribution in [3.8, 4) is 6.07 Å². The fraction of sp³-hybridized carbons (Fsp3) is 0.182. The average molecular weight is 205 g/mol. The van der Waals surface area contributed by atoms with Crippen molar-refractivity contribution < 1.29 is 4.39 Å². The smallest absolute Gasteiger partial charge is 0.134 e. The third-order valence-electron chi connectivity index (χ3n) is 2.20. The molecule has 1 aromatic heterocycles. The van der Waals surface area contributed by atoms with Gasteiger partial charge in [-0.1, -0.05) is 6.07 Å². The van der Waals surface area contributed by atoms with Crippen LogP contribution in [0.25, 0.3) is 10.1 Å². The van der Waals surface area contributed by atoms with E-state index in [0.717, 1.165) is 10.3 Å². The van der Waals surface area contributed by atoms with Crippen molar-refractivity contribution in [2.75, 3.05) is 0 Å². The zero-order chi connectivity index (χ0) is 10.1. The van der Waals surface area contributed by atoms with Crippen LogP contribution in [0.1, 0.15) is 11.1 Å². The van der Waals surface area contributed by atoms with Gasteiger partial charge in [0.15, 0.2) is 0 Å². The van der Waals surface area contributed by atoms with E-state index in [1.165, 1.54) is 11.3 Å². The van der Waals surface area contributed by atoms with Gasteiger partial charge in [0.05, 0.1) is 12.5 Å². The normalized spacial score (nSPS) is 10.4. The lowest BCUT2D eigenvalue weighted by Gasteiger charge is -2.02. The number of nitriles is 1. The number of benzene rings is 1. The molecule has 0 N–H and O–H groups in total. The van der Waals surface area contributed by atoms with Gasteiger partial charge in [0.2, 0.25) is 0 Å². The van der Waals surface area contributed by atoms with Crippen molar-refractivity contribution in [3.63, 3.8) is 0 Å². The molecule has 0 bridgehead atoms. The number of aryl methyl sites for hydroxylation is 1. The Bertz CT molecular complexity index is 522. The molecule has 1 nitrogen and oxygen atoms in total. The van der Waals surface area contributed by atoms with Gasteiger partial charge in [-0.25, -0.2) is 4.39 Å². The molecule has 0 saturated heterocycles. The third kappa shape index (κ3) is 1.28. The lowest BCUT2D eigenvalue weighted by Crippen LogP contribution is -1.88. The van der Waals surface area contributed by atoms with Gasteiger partial charge in [-0.15, -0.1) is 11.3 Å². The van der Waals surface area contributed by atoms with Gasteiger partial charge in [-0.2, -0.15) is 5.26 Å². The summed E-state index contributed by atoms with van der Waals surface area (Å²) in [6, 6.07) is 5.63. The van der Waals surface area contributed by atoms with Gasteiger partial charge in [0.1, 0.15) is 5.82 Å². The average Bonchev–Trinajstić information content (AvgIpc) is 2.63. The summed E-state index contributed by atoms with van der Waals surface area (Å²) in [6.45, 7) is 1.73. The first-order chi connectivity index (χ1) is 6.74. The Morgan fingerprint density at radius 3 is 3.07 bits per heavy atom. The maximum Gasteiger partial charge on any atom is 0.134 e. The zero-order valence-electron chi connectivity index (χ0n) is 7.67. The van der Waals surface area contributed by atoms with Crippen LogP contribution >= 0.6 is 11.3 Å². The Balaban J connectivity index is 2.79. The van der Waals surface area contributed by atoms with Crippen molar-refractivity contribution in [2.45, 2.75) is 13.3 Å². The lowest BCUT2D eigenvalue weighted by atomic mass is 10.1. The molecule has 2 rings (SSSR count). The molecule has 0 amide bonds. The van der Waals surface area contributed by atoms with Gasteiger partial charge < -0.3 is 0 Å². The Kier molecular flexibility index (Phi) is 2.22. The first-order valence-electron chi connectivity index (χ1n) is 4.26. The maximum atomic E-state index is 13.6. The highest BCUT2D eigenvalue weighted by molar-refractivity contribution is 7.17. The highest BCUT2D eigenvalue weighted by Crippen LogP contribution is 2.29. The molecule has 0 aliphatic carbocycles. The SMILES string of the molecule is Cc1cc(CC#N)c2sccc2c1F. The number of nitrogens with zero attached hydrogens (tertiary/aromatic N) is 1. The van der Waals surface area contributed by atoms with E-state index in [4.69, 9.17) is 5.26 Å². The summed E-state index contributed by atoms with van der Waals surface area (Å²) in [4.78, 5) is 0. The van der Waals surface area contributed by atoms with E-state index in [2.05, 4.69) is 6.07 Å². The minimum Gasteiger partial charge on any atom is -0.206 e. The molecular weight excluding hydrogens is 197 g/mol. The van der Waals surface area contributed by atoms with Crippen molar-refractivity contribution in [1.82, 2.24) is 0 Å². The van der Waals surface area contributed by atoms with Gasteiger partial charge >= 0.3 is 0 Å². The summed E-state index contributed by atoms with van der Waals surface area (Å²) in [7, 11) is 0. The standard InChI is InChI=1S/C11H8FNS/c1-7-6-8(2-4-13)11-9(10(7)12)3-5-14-11/h3,5-6H,2H2,1H3. The van der Waals surface area contributed by atoms with Gasteiger partial charge in [0.25, 0.3) is 0 Å². The molecule has 14 heavy (non-hydrogen) atoms. The van der Waals surface area contributed by atoms with Crippen LogP contribution in [0.4, 0.5) is 4.39 Å². The molecule has 0 saturated carbocycles. The predicted octanol–water partition coefficient (Wildman–Crippen LogP) is 3.41. The maximum absolute atomic E-state index is 13.6. The molecule has 1 heterocycles. The number of halogens is 1. The van der Waals surface area contributed by atoms with E-state index in [9.17, 15) is 4.39 Å². The highest BCUT2D eigenvalue weighted by Gasteiger charge is 2.09. The molecule has 2 aromatic rings. The minimum absolute atomic E-state index is 0.164. The molecule has 0 aliphatic heterocycles. The number of thiophene rings is 1. The fourth-order valence-electron chi connectivity index (χ4n) is 1.55. The predicted molar refractivity (Wildman–Crippen MR) is 55.8 cm³/mol. The Labute approximate surface area is 85.4 Å². The monoisotopic (exact) mass is 205 g/mol. The summed E-state index contributed by atoms with van der Waals surface area (Å²) in [6.07, 6.45) is 0.345. The zero-order valence-corrected chi connectivity index (χ0v) is 8.49. The third-order valence-corrected chi connectivity index (χ3v) is 3.19. The van der Waals surface area contributed by atoms with Crippen molar-refractivity contribution in [1.29, 1.82) is 5.26 Å². The van der Waals surface area contributed by atoms with Crippen LogP contribution < -0.4 is 0 Å². The molecule has 0 atom stereocenters. The molecule has 3 heteroatoms. The van der Waals surface area contributed by atoms with Crippen LogP contribution in [-0.2, 0) is 6.42 Å². The molecule has 0 radical (unpaired) electrons. The Hall–Kier alpha value is -1.40. The molecular formula is C11H8FNS. The summed E-state index contributed by atoms with van der Waals surface area (Å²) < 4.78 is 14.5. The largest absolute Gasteiger partial charge is 0.206 e. The van der Waals surface area contributed by atoms with Crippen LogP contribution in [0.2, 0.25) is 0 Å². The van der Waals surface area contributed by atoms with Crippen molar-refractivity contribution in [3.05, 3.63) is 34.5 Å². The Morgan fingerprint density at radius 1 is 1.57 bits per heavy atom. The van der Waals surface area contributed by atoms with Crippen LogP contribution in [0.5, 0.6) is 0 Å². The first kappa shape index (κ1) is 9.17. The molecule has 70 valence electrons. The summed E-state index contributed by atoms with van der Waals surface area (Å²) in [5.74, 6) is -0.164. The second-order valence-electron chi connectivity index (χ2n) is 3.16. The number of hydrogen-bond acceptors (Lipinski definition) is 2. The summed E-state index contributed by atoms with van der Waals surface area (Å²) >= 11 is 1.49. The van der Waals surface area contributed by atoms with E-state index in [0.29, 0.717) is 17.4 Å². The van der Waals surface area contributed by atoms with Gasteiger partial charge in [0, 0.05) is 10.1 Å². The highest BCUT2D eigenvalue weighted by atomic mass is 32.1. The van der Waals surface area contributed by atoms with E-state index in [-0.39, 0.29) is 5.82 Å². The second kappa shape index (κ2) is 3.39. The number of hydrogen-bond donors (Lipinski definition) is 0. The summed E-state index contributed by atoms with van der Waals surface area (Å²) in [5.41, 5.74) is 1.54. The molecule has 0 spiro atoms. The van der Waals surface area contributed by atoms with Crippen molar-refractivity contribution in [2.24, 2.45) is 0 Å². The molecule has 0 fully saturated rings. The van der Waals surface area contributed by atoms with Crippen molar-refractivity contribution >= 4 is 21.4 Å². The summed E-state index contributed by atoms with van der Waals surface area (Å²) in [5, 5.41) is 11.1. The Morgan fingerprint density at radius 2 is 2.36 bits per heavy atom. The van der Waals surface area contributed by atoms with E-state index >= 15 is 0 Å². The number of rotatable bonds is 1. The first-order valence-corrected chi connectivity index (χ1v) is 5.14. The molecule has 0 aliphatic rings. The number of fused-ring (bicyclic) bond motifs is 1. The topological polar surface area (TPSA) is 23.8 Å². The minimum atomic E-state index is -0.164. The van der Waals surface area contributed by atoms with Gasteiger partial charge in [-0.3, -0.25) is 0 Å². The quantitative estimate of drug-likeness (QED) is 0.699. The molecule has 1 aromatic carbocycles. The molecule has 0 unspecified atom stereocenters. The lowest BCUT2D eigenvalue weighted by molar-refractivity contribution is 0.630.